The number of H-pyrrole nitrogens is 1. The van der Waals surface area contributed by atoms with Crippen molar-refractivity contribution in [2.75, 3.05) is 6.54 Å². The zero-order valence-electron chi connectivity index (χ0n) is 21.9. The fraction of sp³-hybridized carbons (Fsp3) is 0.448. The van der Waals surface area contributed by atoms with Crippen LogP contribution in [0.5, 0.6) is 0 Å². The van der Waals surface area contributed by atoms with Crippen molar-refractivity contribution in [3.05, 3.63) is 88.2 Å². The first-order valence-electron chi connectivity index (χ1n) is 12.7. The molecule has 6 nitrogen and oxygen atoms in total. The quantitative estimate of drug-likeness (QED) is 0.368. The van der Waals surface area contributed by atoms with Crippen LogP contribution in [-0.4, -0.2) is 39.9 Å². The normalized spacial score (nSPS) is 19.2. The second-order valence-corrected chi connectivity index (χ2v) is 11.2. The van der Waals surface area contributed by atoms with E-state index >= 15 is 0 Å². The van der Waals surface area contributed by atoms with Gasteiger partial charge in [0, 0.05) is 30.8 Å². The van der Waals surface area contributed by atoms with Gasteiger partial charge in [-0.2, -0.15) is 5.10 Å². The molecule has 0 fully saturated rings. The third-order valence-corrected chi connectivity index (χ3v) is 7.26. The number of amides is 1. The fourth-order valence-electron chi connectivity index (χ4n) is 5.21. The molecular weight excluding hydrogens is 474 g/mol. The average molecular weight is 511 g/mol. The summed E-state index contributed by atoms with van der Waals surface area (Å²) < 4.78 is 27.5. The number of carbonyl (C=O) groups excluding carboxylic acids is 1. The molecule has 0 saturated heterocycles. The van der Waals surface area contributed by atoms with Crippen LogP contribution >= 0.6 is 0 Å². The van der Waals surface area contributed by atoms with E-state index in [2.05, 4.69) is 65.9 Å². The predicted molar refractivity (Wildman–Crippen MR) is 139 cm³/mol. The zero-order valence-corrected chi connectivity index (χ0v) is 21.9. The molecule has 0 spiro atoms. The molecule has 3 aromatic rings. The summed E-state index contributed by atoms with van der Waals surface area (Å²) in [5.41, 5.74) is 4.48. The highest BCUT2D eigenvalue weighted by Gasteiger charge is 2.38. The number of fused-ring (bicyclic) bond motifs is 1. The monoisotopic (exact) mass is 510 g/mol. The topological polar surface area (TPSA) is 90.0 Å². The van der Waals surface area contributed by atoms with Crippen LogP contribution in [0, 0.1) is 11.6 Å². The number of rotatable bonds is 8. The first-order valence-corrected chi connectivity index (χ1v) is 12.7. The lowest BCUT2D eigenvalue weighted by atomic mass is 9.74. The highest BCUT2D eigenvalue weighted by Crippen LogP contribution is 2.37. The Balaban J connectivity index is 1.60. The van der Waals surface area contributed by atoms with Gasteiger partial charge in [-0.25, -0.2) is 8.78 Å². The maximum absolute atomic E-state index is 13.8. The smallest absolute Gasteiger partial charge is 0.217 e. The largest absolute Gasteiger partial charge is 0.390 e. The van der Waals surface area contributed by atoms with Gasteiger partial charge in [-0.1, -0.05) is 45.0 Å². The summed E-state index contributed by atoms with van der Waals surface area (Å²) in [6.07, 6.45) is 3.24. The van der Waals surface area contributed by atoms with E-state index in [1.165, 1.54) is 24.6 Å². The minimum absolute atomic E-state index is 0.0249. The molecule has 1 aliphatic carbocycles. The van der Waals surface area contributed by atoms with Crippen LogP contribution in [0.3, 0.4) is 0 Å². The van der Waals surface area contributed by atoms with E-state index < -0.39 is 29.3 Å². The van der Waals surface area contributed by atoms with Gasteiger partial charge in [-0.15, -0.1) is 0 Å². The second kappa shape index (κ2) is 10.7. The van der Waals surface area contributed by atoms with Crippen LogP contribution in [0.2, 0.25) is 0 Å². The Hall–Kier alpha value is -3.10. The SMILES string of the molecule is CC(=O)N[C@@H](Cc1cc(F)cc(F)c1)[C@H](O)CN[C@@]1(c2cccc(C(C)(C)C)c2)CCc2[nH]ncc2C1. The van der Waals surface area contributed by atoms with Crippen molar-refractivity contribution in [3.63, 3.8) is 0 Å². The molecule has 0 bridgehead atoms. The highest BCUT2D eigenvalue weighted by atomic mass is 19.1. The third-order valence-electron chi connectivity index (χ3n) is 7.26. The predicted octanol–water partition coefficient (Wildman–Crippen LogP) is 4.07. The van der Waals surface area contributed by atoms with E-state index in [1.807, 2.05) is 6.20 Å². The molecule has 0 unspecified atom stereocenters. The lowest BCUT2D eigenvalue weighted by molar-refractivity contribution is -0.120. The number of nitrogens with one attached hydrogen (secondary N) is 3. The van der Waals surface area contributed by atoms with E-state index in [-0.39, 0.29) is 24.3 Å². The molecule has 1 aromatic heterocycles. The Bertz CT molecular complexity index is 1230. The van der Waals surface area contributed by atoms with Crippen LogP contribution in [0.4, 0.5) is 8.78 Å². The summed E-state index contributed by atoms with van der Waals surface area (Å²) in [6, 6.07) is 11.1. The molecule has 4 rings (SSSR count). The van der Waals surface area contributed by atoms with Gasteiger partial charge >= 0.3 is 0 Å². The third kappa shape index (κ3) is 6.43. The molecule has 1 amide bonds. The molecule has 0 saturated carbocycles. The first-order chi connectivity index (χ1) is 17.4. The maximum Gasteiger partial charge on any atom is 0.217 e. The number of carbonyl (C=O) groups is 1. The van der Waals surface area contributed by atoms with E-state index in [9.17, 15) is 18.7 Å². The molecule has 198 valence electrons. The number of aryl methyl sites for hydroxylation is 1. The number of aliphatic hydroxyl groups is 1. The van der Waals surface area contributed by atoms with Crippen molar-refractivity contribution in [1.29, 1.82) is 0 Å². The van der Waals surface area contributed by atoms with Gasteiger partial charge in [0.05, 0.1) is 18.3 Å². The van der Waals surface area contributed by atoms with Crippen LogP contribution in [0.15, 0.2) is 48.7 Å². The molecule has 4 N–H and O–H groups in total. The first kappa shape index (κ1) is 26.9. The number of hydrogen-bond donors (Lipinski definition) is 4. The van der Waals surface area contributed by atoms with Crippen molar-refractivity contribution in [1.82, 2.24) is 20.8 Å². The zero-order chi connectivity index (χ0) is 26.8. The second-order valence-electron chi connectivity index (χ2n) is 11.2. The standard InChI is InChI=1S/C29H36F2N4O2/c1-18(36)34-26(12-19-10-23(30)14-24(31)11-19)27(37)17-32-29(9-8-25-20(15-29)16-33-35-25)22-7-5-6-21(13-22)28(2,3)4/h5-7,10-11,13-14,16,26-27,32,37H,8-9,12,15,17H2,1-4H3,(H,33,35)(H,34,36)/t26-,27+,29-/m0/s1. The molecular formula is C29H36F2N4O2. The molecule has 1 aliphatic rings. The van der Waals surface area contributed by atoms with Crippen LogP contribution in [0.25, 0.3) is 0 Å². The molecule has 0 aliphatic heterocycles. The summed E-state index contributed by atoms with van der Waals surface area (Å²) in [5, 5.41) is 24.9. The Kier molecular flexibility index (Phi) is 7.80. The Morgan fingerprint density at radius 3 is 2.59 bits per heavy atom. The van der Waals surface area contributed by atoms with Crippen molar-refractivity contribution < 1.29 is 18.7 Å². The number of nitrogens with zero attached hydrogens (tertiary/aromatic N) is 1. The van der Waals surface area contributed by atoms with E-state index in [0.29, 0.717) is 12.0 Å². The van der Waals surface area contributed by atoms with Gasteiger partial charge in [-0.05, 0) is 65.5 Å². The summed E-state index contributed by atoms with van der Waals surface area (Å²) in [7, 11) is 0. The summed E-state index contributed by atoms with van der Waals surface area (Å²) in [6.45, 7) is 8.07. The van der Waals surface area contributed by atoms with Gasteiger partial charge in [0.25, 0.3) is 0 Å². The number of aromatic amines is 1. The molecule has 8 heteroatoms. The minimum Gasteiger partial charge on any atom is -0.390 e. The number of hydrogen-bond acceptors (Lipinski definition) is 4. The summed E-state index contributed by atoms with van der Waals surface area (Å²) >= 11 is 0. The van der Waals surface area contributed by atoms with Crippen LogP contribution < -0.4 is 10.6 Å². The summed E-state index contributed by atoms with van der Waals surface area (Å²) in [4.78, 5) is 11.9. The van der Waals surface area contributed by atoms with E-state index in [1.54, 1.807) is 0 Å². The molecule has 0 radical (unpaired) electrons. The average Bonchev–Trinajstić information content (AvgIpc) is 3.28. The van der Waals surface area contributed by atoms with Crippen molar-refractivity contribution >= 4 is 5.91 Å². The minimum atomic E-state index is -0.997. The van der Waals surface area contributed by atoms with Gasteiger partial charge in [0.1, 0.15) is 11.6 Å². The lowest BCUT2D eigenvalue weighted by Gasteiger charge is -2.40. The van der Waals surface area contributed by atoms with Crippen molar-refractivity contribution in [2.24, 2.45) is 0 Å². The number of halogens is 2. The Labute approximate surface area is 216 Å². The Morgan fingerprint density at radius 1 is 1.19 bits per heavy atom. The van der Waals surface area contributed by atoms with Gasteiger partial charge in [0.2, 0.25) is 5.91 Å². The molecule has 1 heterocycles. The van der Waals surface area contributed by atoms with Gasteiger partial charge < -0.3 is 15.7 Å². The fourth-order valence-corrected chi connectivity index (χ4v) is 5.21. The highest BCUT2D eigenvalue weighted by molar-refractivity contribution is 5.73. The number of aromatic nitrogens is 2. The maximum atomic E-state index is 13.8. The van der Waals surface area contributed by atoms with E-state index in [4.69, 9.17) is 0 Å². The van der Waals surface area contributed by atoms with Crippen LogP contribution in [0.1, 0.15) is 62.1 Å². The Morgan fingerprint density at radius 2 is 1.92 bits per heavy atom. The summed E-state index contributed by atoms with van der Waals surface area (Å²) in [5.74, 6) is -1.71. The molecule has 2 aromatic carbocycles. The van der Waals surface area contributed by atoms with Gasteiger partial charge in [0.15, 0.2) is 0 Å². The van der Waals surface area contributed by atoms with Gasteiger partial charge in [-0.3, -0.25) is 9.89 Å². The van der Waals surface area contributed by atoms with E-state index in [0.717, 1.165) is 35.7 Å². The molecule has 3 atom stereocenters. The lowest BCUT2D eigenvalue weighted by Crippen LogP contribution is -2.54. The number of aliphatic hydroxyl groups excluding tert-OH is 1. The number of benzene rings is 2. The molecule has 37 heavy (non-hydrogen) atoms. The van der Waals surface area contributed by atoms with Crippen molar-refractivity contribution in [3.8, 4) is 0 Å². The van der Waals surface area contributed by atoms with Crippen molar-refractivity contribution in [2.45, 2.75) is 76.5 Å². The van der Waals surface area contributed by atoms with Crippen LogP contribution in [-0.2, 0) is 35.0 Å².